The molecule has 0 aliphatic heterocycles. The summed E-state index contributed by atoms with van der Waals surface area (Å²) in [6, 6.07) is 6.75. The molecule has 126 valence electrons. The Bertz CT molecular complexity index is 549. The third-order valence-corrected chi connectivity index (χ3v) is 7.26. The number of rotatable bonds is 2. The van der Waals surface area contributed by atoms with E-state index in [-0.39, 0.29) is 0 Å². The molecule has 0 aromatic heterocycles. The first-order valence-corrected chi connectivity index (χ1v) is 9.88. The molecule has 5 unspecified atom stereocenters. The van der Waals surface area contributed by atoms with Crippen LogP contribution < -0.4 is 4.74 Å². The van der Waals surface area contributed by atoms with Crippen LogP contribution in [0.15, 0.2) is 18.2 Å². The average molecular weight is 312 g/mol. The van der Waals surface area contributed by atoms with Gasteiger partial charge in [-0.2, -0.15) is 0 Å². The molecule has 2 fully saturated rings. The van der Waals surface area contributed by atoms with Crippen LogP contribution in [0.25, 0.3) is 0 Å². The van der Waals surface area contributed by atoms with Gasteiger partial charge in [-0.15, -0.1) is 0 Å². The molecule has 1 aromatic carbocycles. The molecule has 4 rings (SSSR count). The summed E-state index contributed by atoms with van der Waals surface area (Å²) in [5, 5.41) is 0. The van der Waals surface area contributed by atoms with E-state index in [1.54, 1.807) is 18.2 Å². The maximum absolute atomic E-state index is 5.39. The Morgan fingerprint density at radius 1 is 0.826 bits per heavy atom. The van der Waals surface area contributed by atoms with Crippen LogP contribution in [0, 0.1) is 29.6 Å². The zero-order valence-electron chi connectivity index (χ0n) is 14.9. The van der Waals surface area contributed by atoms with Crippen LogP contribution in [0.5, 0.6) is 5.75 Å². The van der Waals surface area contributed by atoms with Gasteiger partial charge in [0.2, 0.25) is 0 Å². The minimum Gasteiger partial charge on any atom is -0.497 e. The molecule has 0 amide bonds. The number of aryl methyl sites for hydroxylation is 1. The van der Waals surface area contributed by atoms with Crippen LogP contribution in [0.4, 0.5) is 0 Å². The van der Waals surface area contributed by atoms with Crippen molar-refractivity contribution in [1.82, 2.24) is 0 Å². The predicted molar refractivity (Wildman–Crippen MR) is 95.8 cm³/mol. The molecule has 1 heteroatoms. The number of fused-ring (bicyclic) bond motifs is 2. The van der Waals surface area contributed by atoms with E-state index in [1.165, 1.54) is 57.8 Å². The summed E-state index contributed by atoms with van der Waals surface area (Å²) in [4.78, 5) is 0. The Hall–Kier alpha value is -0.980. The highest BCUT2D eigenvalue weighted by atomic mass is 16.5. The fourth-order valence-corrected chi connectivity index (χ4v) is 5.88. The van der Waals surface area contributed by atoms with E-state index < -0.39 is 0 Å². The summed E-state index contributed by atoms with van der Waals surface area (Å²) in [7, 11) is 1.77. The van der Waals surface area contributed by atoms with E-state index in [0.717, 1.165) is 35.3 Å². The fourth-order valence-electron chi connectivity index (χ4n) is 5.88. The van der Waals surface area contributed by atoms with Crippen molar-refractivity contribution in [2.45, 2.75) is 64.7 Å². The summed E-state index contributed by atoms with van der Waals surface area (Å²) in [5.41, 5.74) is 3.14. The van der Waals surface area contributed by atoms with Crippen molar-refractivity contribution in [2.24, 2.45) is 29.6 Å². The number of hydrogen-bond acceptors (Lipinski definition) is 1. The molecular formula is C22H32O. The van der Waals surface area contributed by atoms with E-state index >= 15 is 0 Å². The van der Waals surface area contributed by atoms with Gasteiger partial charge >= 0.3 is 0 Å². The quantitative estimate of drug-likeness (QED) is 0.685. The Labute approximate surface area is 141 Å². The van der Waals surface area contributed by atoms with Crippen molar-refractivity contribution in [3.05, 3.63) is 29.3 Å². The Morgan fingerprint density at radius 3 is 2.39 bits per heavy atom. The second-order valence-electron chi connectivity index (χ2n) is 8.65. The lowest BCUT2D eigenvalue weighted by atomic mass is 9.61. The third-order valence-electron chi connectivity index (χ3n) is 7.26. The first kappa shape index (κ1) is 15.5. The lowest BCUT2D eigenvalue weighted by molar-refractivity contribution is 0.0757. The average Bonchev–Trinajstić information content (AvgIpc) is 2.60. The molecule has 1 aromatic rings. The van der Waals surface area contributed by atoms with Gasteiger partial charge in [0.15, 0.2) is 0 Å². The summed E-state index contributed by atoms with van der Waals surface area (Å²) >= 11 is 0. The van der Waals surface area contributed by atoms with Gasteiger partial charge in [0, 0.05) is 0 Å². The minimum absolute atomic E-state index is 0.941. The standard InChI is InChI=1S/C22H32O/c1-15-3-4-17-12-18(6-5-16(17)11-15)19-7-8-21-14-22(23-2)10-9-20(21)13-19/h9-10,14-19H,3-8,11-13H2,1-2H3. The van der Waals surface area contributed by atoms with Crippen molar-refractivity contribution in [1.29, 1.82) is 0 Å². The smallest absolute Gasteiger partial charge is 0.119 e. The van der Waals surface area contributed by atoms with Gasteiger partial charge in [-0.1, -0.05) is 19.4 Å². The number of ether oxygens (including phenoxy) is 1. The highest BCUT2D eigenvalue weighted by molar-refractivity contribution is 5.37. The maximum atomic E-state index is 5.39. The van der Waals surface area contributed by atoms with Crippen molar-refractivity contribution < 1.29 is 4.74 Å². The molecule has 23 heavy (non-hydrogen) atoms. The Balaban J connectivity index is 1.42. The predicted octanol–water partition coefficient (Wildman–Crippen LogP) is 5.65. The van der Waals surface area contributed by atoms with Crippen LogP contribution >= 0.6 is 0 Å². The van der Waals surface area contributed by atoms with Gasteiger partial charge in [-0.3, -0.25) is 0 Å². The summed E-state index contributed by atoms with van der Waals surface area (Å²) < 4.78 is 5.39. The molecule has 1 nitrogen and oxygen atoms in total. The van der Waals surface area contributed by atoms with Gasteiger partial charge < -0.3 is 4.74 Å². The molecule has 0 bridgehead atoms. The normalized spacial score (nSPS) is 36.9. The van der Waals surface area contributed by atoms with E-state index in [4.69, 9.17) is 4.74 Å². The van der Waals surface area contributed by atoms with Crippen molar-refractivity contribution in [2.75, 3.05) is 7.11 Å². The van der Waals surface area contributed by atoms with E-state index in [9.17, 15) is 0 Å². The molecule has 0 heterocycles. The molecule has 0 spiro atoms. The molecular weight excluding hydrogens is 280 g/mol. The van der Waals surface area contributed by atoms with Crippen LogP contribution in [0.1, 0.15) is 63.0 Å². The summed E-state index contributed by atoms with van der Waals surface area (Å²) in [6.07, 6.45) is 13.1. The topological polar surface area (TPSA) is 9.23 Å². The second kappa shape index (κ2) is 6.49. The van der Waals surface area contributed by atoms with Crippen molar-refractivity contribution >= 4 is 0 Å². The minimum atomic E-state index is 0.941. The highest BCUT2D eigenvalue weighted by Crippen LogP contribution is 2.48. The first-order valence-electron chi connectivity index (χ1n) is 9.88. The largest absolute Gasteiger partial charge is 0.497 e. The number of methoxy groups -OCH3 is 1. The van der Waals surface area contributed by atoms with Crippen LogP contribution in [0.2, 0.25) is 0 Å². The zero-order chi connectivity index (χ0) is 15.8. The molecule has 3 aliphatic rings. The van der Waals surface area contributed by atoms with E-state index in [0.29, 0.717) is 0 Å². The molecule has 0 radical (unpaired) electrons. The van der Waals surface area contributed by atoms with Crippen molar-refractivity contribution in [3.63, 3.8) is 0 Å². The Kier molecular flexibility index (Phi) is 4.39. The highest BCUT2D eigenvalue weighted by Gasteiger charge is 2.37. The maximum Gasteiger partial charge on any atom is 0.119 e. The molecule has 2 saturated carbocycles. The molecule has 0 saturated heterocycles. The summed E-state index contributed by atoms with van der Waals surface area (Å²) in [6.45, 7) is 2.47. The Morgan fingerprint density at radius 2 is 1.57 bits per heavy atom. The molecule has 3 aliphatic carbocycles. The molecule has 0 N–H and O–H groups in total. The SMILES string of the molecule is COc1ccc2c(c1)CCC(C1CCC3CC(C)CCC3C1)C2. The third kappa shape index (κ3) is 3.16. The monoisotopic (exact) mass is 312 g/mol. The fraction of sp³-hybridized carbons (Fsp3) is 0.727. The van der Waals surface area contributed by atoms with E-state index in [1.807, 2.05) is 0 Å². The van der Waals surface area contributed by atoms with Crippen LogP contribution in [-0.4, -0.2) is 7.11 Å². The van der Waals surface area contributed by atoms with Crippen LogP contribution in [0.3, 0.4) is 0 Å². The van der Waals surface area contributed by atoms with Crippen molar-refractivity contribution in [3.8, 4) is 5.75 Å². The molecule has 5 atom stereocenters. The van der Waals surface area contributed by atoms with E-state index in [2.05, 4.69) is 25.1 Å². The first-order chi connectivity index (χ1) is 11.2. The number of benzene rings is 1. The summed E-state index contributed by atoms with van der Waals surface area (Å²) in [5.74, 6) is 6.08. The van der Waals surface area contributed by atoms with Gasteiger partial charge in [-0.05, 0) is 104 Å². The second-order valence-corrected chi connectivity index (χ2v) is 8.65. The lowest BCUT2D eigenvalue weighted by Crippen LogP contribution is -2.34. The van der Waals surface area contributed by atoms with Gasteiger partial charge in [0.1, 0.15) is 5.75 Å². The van der Waals surface area contributed by atoms with Gasteiger partial charge in [0.05, 0.1) is 7.11 Å². The number of hydrogen-bond donors (Lipinski definition) is 0. The van der Waals surface area contributed by atoms with Gasteiger partial charge in [0.25, 0.3) is 0 Å². The zero-order valence-corrected chi connectivity index (χ0v) is 14.9. The van der Waals surface area contributed by atoms with Gasteiger partial charge in [-0.25, -0.2) is 0 Å². The lowest BCUT2D eigenvalue weighted by Gasteiger charge is -2.44. The van der Waals surface area contributed by atoms with Crippen LogP contribution in [-0.2, 0) is 12.8 Å².